The maximum absolute atomic E-state index is 13.1. The molecule has 2 atom stereocenters. The van der Waals surface area contributed by atoms with Crippen molar-refractivity contribution in [1.29, 1.82) is 0 Å². The number of amides is 2. The molecule has 10 heteroatoms. The van der Waals surface area contributed by atoms with Crippen LogP contribution in [0.25, 0.3) is 5.65 Å². The number of carbonyl (C=O) groups is 1. The predicted molar refractivity (Wildman–Crippen MR) is 128 cm³/mol. The van der Waals surface area contributed by atoms with Gasteiger partial charge in [-0.1, -0.05) is 0 Å². The van der Waals surface area contributed by atoms with Gasteiger partial charge in [0.15, 0.2) is 11.5 Å². The molecule has 0 aliphatic carbocycles. The highest BCUT2D eigenvalue weighted by Crippen LogP contribution is 2.34. The SMILES string of the molecule is Cc1cn2cc(NC(=O)N3CCc4c(N5C[C@@H](C)N[C@@H](C)C5)ccnc43)nc(C)c2n1.Cl. The second kappa shape index (κ2) is 8.55. The van der Waals surface area contributed by atoms with Gasteiger partial charge in [0.25, 0.3) is 0 Å². The van der Waals surface area contributed by atoms with Gasteiger partial charge in [-0.05, 0) is 40.2 Å². The molecule has 2 N–H and O–H groups in total. The summed E-state index contributed by atoms with van der Waals surface area (Å²) >= 11 is 0. The Morgan fingerprint density at radius 2 is 1.91 bits per heavy atom. The van der Waals surface area contributed by atoms with E-state index in [0.29, 0.717) is 24.4 Å². The van der Waals surface area contributed by atoms with Gasteiger partial charge in [0, 0.05) is 55.4 Å². The first-order valence-corrected chi connectivity index (χ1v) is 10.8. The number of halogens is 1. The third-order valence-electron chi connectivity index (χ3n) is 5.95. The molecule has 170 valence electrons. The fourth-order valence-electron chi connectivity index (χ4n) is 4.80. The molecule has 0 radical (unpaired) electrons. The van der Waals surface area contributed by atoms with Crippen LogP contribution in [0, 0.1) is 13.8 Å². The topological polar surface area (TPSA) is 90.7 Å². The number of hydrogen-bond acceptors (Lipinski definition) is 6. The van der Waals surface area contributed by atoms with Gasteiger partial charge in [0.2, 0.25) is 0 Å². The van der Waals surface area contributed by atoms with Crippen molar-refractivity contribution in [3.8, 4) is 0 Å². The average Bonchev–Trinajstić information content (AvgIpc) is 3.30. The van der Waals surface area contributed by atoms with Crippen molar-refractivity contribution >= 4 is 41.4 Å². The Kier molecular flexibility index (Phi) is 5.96. The average molecular weight is 457 g/mol. The van der Waals surface area contributed by atoms with E-state index in [1.807, 2.05) is 24.4 Å². The summed E-state index contributed by atoms with van der Waals surface area (Å²) in [5.74, 6) is 1.24. The minimum atomic E-state index is -0.214. The number of urea groups is 1. The van der Waals surface area contributed by atoms with Gasteiger partial charge in [-0.25, -0.2) is 19.7 Å². The van der Waals surface area contributed by atoms with E-state index in [2.05, 4.69) is 50.4 Å². The number of aryl methyl sites for hydroxylation is 2. The molecule has 1 saturated heterocycles. The van der Waals surface area contributed by atoms with Crippen LogP contribution >= 0.6 is 12.4 Å². The molecule has 5 heterocycles. The molecule has 0 aromatic carbocycles. The smallest absolute Gasteiger partial charge is 0.328 e. The van der Waals surface area contributed by atoms with E-state index in [9.17, 15) is 4.79 Å². The third kappa shape index (κ3) is 3.98. The molecular formula is C22H29ClN8O. The van der Waals surface area contributed by atoms with Crippen LogP contribution in [0.5, 0.6) is 0 Å². The van der Waals surface area contributed by atoms with Crippen LogP contribution in [0.4, 0.5) is 22.1 Å². The number of nitrogens with zero attached hydrogens (tertiary/aromatic N) is 6. The molecule has 3 aromatic heterocycles. The number of rotatable bonds is 2. The van der Waals surface area contributed by atoms with Crippen LogP contribution in [0.2, 0.25) is 0 Å². The van der Waals surface area contributed by atoms with Gasteiger partial charge in [-0.3, -0.25) is 10.2 Å². The lowest BCUT2D eigenvalue weighted by atomic mass is 10.1. The Morgan fingerprint density at radius 3 is 2.66 bits per heavy atom. The Hall–Kier alpha value is -2.91. The molecule has 9 nitrogen and oxygen atoms in total. The Balaban J connectivity index is 0.00000245. The van der Waals surface area contributed by atoms with Crippen molar-refractivity contribution in [3.05, 3.63) is 41.6 Å². The maximum Gasteiger partial charge on any atom is 0.328 e. The van der Waals surface area contributed by atoms with Gasteiger partial charge in [-0.15, -0.1) is 12.4 Å². The molecule has 2 aliphatic rings. The van der Waals surface area contributed by atoms with Crippen LogP contribution in [0.15, 0.2) is 24.7 Å². The fourth-order valence-corrected chi connectivity index (χ4v) is 4.80. The van der Waals surface area contributed by atoms with Crippen molar-refractivity contribution in [2.75, 3.05) is 34.8 Å². The summed E-state index contributed by atoms with van der Waals surface area (Å²) in [7, 11) is 0. The van der Waals surface area contributed by atoms with Gasteiger partial charge < -0.3 is 14.6 Å². The van der Waals surface area contributed by atoms with Crippen LogP contribution in [0.3, 0.4) is 0 Å². The first-order chi connectivity index (χ1) is 14.9. The van der Waals surface area contributed by atoms with Crippen LogP contribution in [-0.4, -0.2) is 57.1 Å². The number of hydrogen-bond donors (Lipinski definition) is 2. The molecule has 32 heavy (non-hydrogen) atoms. The highest BCUT2D eigenvalue weighted by atomic mass is 35.5. The molecule has 0 unspecified atom stereocenters. The maximum atomic E-state index is 13.1. The zero-order valence-corrected chi connectivity index (χ0v) is 19.6. The lowest BCUT2D eigenvalue weighted by Crippen LogP contribution is -2.54. The van der Waals surface area contributed by atoms with Gasteiger partial charge in [-0.2, -0.15) is 0 Å². The summed E-state index contributed by atoms with van der Waals surface area (Å²) in [5.41, 5.74) is 4.81. The van der Waals surface area contributed by atoms with Crippen molar-refractivity contribution in [2.24, 2.45) is 0 Å². The quantitative estimate of drug-likeness (QED) is 0.616. The first-order valence-electron chi connectivity index (χ1n) is 10.8. The largest absolute Gasteiger partial charge is 0.368 e. The molecule has 5 rings (SSSR count). The number of carbonyl (C=O) groups excluding carboxylic acids is 1. The second-order valence-corrected chi connectivity index (χ2v) is 8.66. The van der Waals surface area contributed by atoms with Crippen LogP contribution < -0.4 is 20.4 Å². The molecule has 0 saturated carbocycles. The Labute approximate surface area is 193 Å². The summed E-state index contributed by atoms with van der Waals surface area (Å²) in [4.78, 5) is 30.8. The minimum Gasteiger partial charge on any atom is -0.368 e. The third-order valence-corrected chi connectivity index (χ3v) is 5.95. The van der Waals surface area contributed by atoms with Crippen molar-refractivity contribution in [1.82, 2.24) is 24.7 Å². The van der Waals surface area contributed by atoms with E-state index < -0.39 is 0 Å². The van der Waals surface area contributed by atoms with Gasteiger partial charge in [0.1, 0.15) is 5.82 Å². The number of fused-ring (bicyclic) bond motifs is 2. The normalized spacial score (nSPS) is 20.2. The standard InChI is InChI=1S/C22H28N8O.ClH/c1-13-9-28(10-14(2)24-13)18-5-7-23-21-17(18)6-8-30(21)22(31)27-19-12-29-11-15(3)25-20(29)16(4)26-19;/h5,7,11-14,24H,6,8-10H2,1-4H3,(H,27,31);1H/t13-,14+;. The van der Waals surface area contributed by atoms with E-state index in [1.165, 1.54) is 5.69 Å². The lowest BCUT2D eigenvalue weighted by Gasteiger charge is -2.38. The van der Waals surface area contributed by atoms with Gasteiger partial charge in [0.05, 0.1) is 17.6 Å². The lowest BCUT2D eigenvalue weighted by molar-refractivity contribution is 0.257. The van der Waals surface area contributed by atoms with E-state index in [-0.39, 0.29) is 18.4 Å². The van der Waals surface area contributed by atoms with E-state index in [4.69, 9.17) is 0 Å². The van der Waals surface area contributed by atoms with E-state index in [0.717, 1.165) is 47.9 Å². The van der Waals surface area contributed by atoms with Crippen molar-refractivity contribution in [2.45, 2.75) is 46.2 Å². The Bertz CT molecular complexity index is 1150. The van der Waals surface area contributed by atoms with Crippen molar-refractivity contribution in [3.63, 3.8) is 0 Å². The molecule has 0 spiro atoms. The van der Waals surface area contributed by atoms with E-state index >= 15 is 0 Å². The number of piperazine rings is 1. The van der Waals surface area contributed by atoms with Crippen molar-refractivity contribution < 1.29 is 4.79 Å². The molecule has 2 aliphatic heterocycles. The minimum absolute atomic E-state index is 0. The van der Waals surface area contributed by atoms with Crippen LogP contribution in [-0.2, 0) is 6.42 Å². The highest BCUT2D eigenvalue weighted by molar-refractivity contribution is 6.02. The number of aromatic nitrogens is 4. The number of anilines is 3. The summed E-state index contributed by atoms with van der Waals surface area (Å²) in [6.45, 7) is 10.7. The number of nitrogens with one attached hydrogen (secondary N) is 2. The summed E-state index contributed by atoms with van der Waals surface area (Å²) in [5, 5.41) is 6.52. The van der Waals surface area contributed by atoms with Crippen LogP contribution in [0.1, 0.15) is 30.8 Å². The monoisotopic (exact) mass is 456 g/mol. The number of imidazole rings is 1. The second-order valence-electron chi connectivity index (χ2n) is 8.66. The number of pyridine rings is 1. The molecule has 3 aromatic rings. The first kappa shape index (κ1) is 22.3. The molecule has 1 fully saturated rings. The molecular weight excluding hydrogens is 428 g/mol. The fraction of sp³-hybridized carbons (Fsp3) is 0.455. The molecule has 2 amide bonds. The highest BCUT2D eigenvalue weighted by Gasteiger charge is 2.31. The van der Waals surface area contributed by atoms with Gasteiger partial charge >= 0.3 is 6.03 Å². The summed E-state index contributed by atoms with van der Waals surface area (Å²) < 4.78 is 1.90. The molecule has 0 bridgehead atoms. The predicted octanol–water partition coefficient (Wildman–Crippen LogP) is 2.94. The summed E-state index contributed by atoms with van der Waals surface area (Å²) in [6, 6.07) is 2.70. The zero-order chi connectivity index (χ0) is 21.7. The van der Waals surface area contributed by atoms with E-state index in [1.54, 1.807) is 17.3 Å². The summed E-state index contributed by atoms with van der Waals surface area (Å²) in [6.07, 6.45) is 6.32. The Morgan fingerprint density at radius 1 is 1.16 bits per heavy atom. The zero-order valence-electron chi connectivity index (χ0n) is 18.8.